The van der Waals surface area contributed by atoms with Gasteiger partial charge in [-0.15, -0.1) is 0 Å². The van der Waals surface area contributed by atoms with Gasteiger partial charge in [0.25, 0.3) is 0 Å². The largest absolute Gasteiger partial charge is 0.435 e. The molecule has 98 valence electrons. The third-order valence-electron chi connectivity index (χ3n) is 2.25. The normalized spacial score (nSPS) is 10.9. The predicted octanol–water partition coefficient (Wildman–Crippen LogP) is 2.82. The van der Waals surface area contributed by atoms with Crippen LogP contribution in [0, 0.1) is 0 Å². The highest BCUT2D eigenvalue weighted by atomic mass is 19.3. The third-order valence-corrected chi connectivity index (χ3v) is 2.25. The van der Waals surface area contributed by atoms with Crippen molar-refractivity contribution in [2.24, 2.45) is 0 Å². The van der Waals surface area contributed by atoms with Gasteiger partial charge in [0, 0.05) is 13.6 Å². The Balaban J connectivity index is 2.60. The molecule has 0 spiro atoms. The monoisotopic (exact) mass is 255 g/mol. The highest BCUT2D eigenvalue weighted by Crippen LogP contribution is 2.15. The first-order valence-corrected chi connectivity index (χ1v) is 5.44. The Labute approximate surface area is 105 Å². The summed E-state index contributed by atoms with van der Waals surface area (Å²) in [7, 11) is 1.67. The number of hydrogen-bond donors (Lipinski definition) is 0. The van der Waals surface area contributed by atoms with Crippen LogP contribution >= 0.6 is 0 Å². The van der Waals surface area contributed by atoms with Crippen molar-refractivity contribution in [3.63, 3.8) is 0 Å². The molecule has 0 saturated heterocycles. The Morgan fingerprint density at radius 1 is 1.39 bits per heavy atom. The summed E-state index contributed by atoms with van der Waals surface area (Å²) in [6.07, 6.45) is 3.13. The highest BCUT2D eigenvalue weighted by Gasteiger charge is 2.07. The van der Waals surface area contributed by atoms with Crippen molar-refractivity contribution in [2.45, 2.75) is 20.1 Å². The van der Waals surface area contributed by atoms with Gasteiger partial charge in [-0.1, -0.05) is 18.2 Å². The van der Waals surface area contributed by atoms with Gasteiger partial charge in [-0.25, -0.2) is 0 Å². The van der Waals surface area contributed by atoms with Crippen LogP contribution in [-0.2, 0) is 11.3 Å². The number of hydrogen-bond acceptors (Lipinski definition) is 2. The molecule has 18 heavy (non-hydrogen) atoms. The summed E-state index contributed by atoms with van der Waals surface area (Å²) in [5, 5.41) is 0. The molecule has 3 nitrogen and oxygen atoms in total. The summed E-state index contributed by atoms with van der Waals surface area (Å²) in [5.74, 6) is 0.00147. The summed E-state index contributed by atoms with van der Waals surface area (Å²) in [5.41, 5.74) is 0.844. The van der Waals surface area contributed by atoms with Crippen LogP contribution in [0.15, 0.2) is 36.4 Å². The Morgan fingerprint density at radius 3 is 2.50 bits per heavy atom. The van der Waals surface area contributed by atoms with Crippen LogP contribution in [-0.4, -0.2) is 24.5 Å². The second-order valence-corrected chi connectivity index (χ2v) is 3.72. The second-order valence-electron chi connectivity index (χ2n) is 3.72. The van der Waals surface area contributed by atoms with Crippen molar-refractivity contribution in [1.82, 2.24) is 4.90 Å². The fraction of sp³-hybridized carbons (Fsp3) is 0.308. The van der Waals surface area contributed by atoms with Crippen molar-refractivity contribution in [3.05, 3.63) is 42.0 Å². The molecule has 0 radical (unpaired) electrons. The number of allylic oxidation sites excluding steroid dienone is 1. The van der Waals surface area contributed by atoms with Gasteiger partial charge in [-0.05, 0) is 30.7 Å². The summed E-state index contributed by atoms with van der Waals surface area (Å²) in [6, 6.07) is 6.21. The number of rotatable bonds is 5. The minimum atomic E-state index is -2.82. The molecule has 0 saturated carbocycles. The first-order chi connectivity index (χ1) is 8.52. The molecule has 0 unspecified atom stereocenters. The van der Waals surface area contributed by atoms with Crippen LogP contribution in [0.4, 0.5) is 8.78 Å². The van der Waals surface area contributed by atoms with Crippen molar-refractivity contribution in [2.75, 3.05) is 7.05 Å². The number of alkyl halides is 2. The van der Waals surface area contributed by atoms with Gasteiger partial charge in [0.15, 0.2) is 0 Å². The van der Waals surface area contributed by atoms with Crippen molar-refractivity contribution in [3.8, 4) is 5.75 Å². The van der Waals surface area contributed by atoms with Crippen LogP contribution in [0.2, 0.25) is 0 Å². The molecule has 0 atom stereocenters. The quantitative estimate of drug-likeness (QED) is 0.757. The molecule has 0 bridgehead atoms. The Morgan fingerprint density at radius 2 is 2.00 bits per heavy atom. The van der Waals surface area contributed by atoms with Crippen LogP contribution in [0.1, 0.15) is 12.5 Å². The van der Waals surface area contributed by atoms with Crippen molar-refractivity contribution >= 4 is 5.91 Å². The molecule has 0 N–H and O–H groups in total. The fourth-order valence-corrected chi connectivity index (χ4v) is 1.40. The number of ether oxygens (including phenoxy) is 1. The molecule has 1 aromatic rings. The molecule has 0 aliphatic heterocycles. The number of amides is 1. The number of carbonyl (C=O) groups is 1. The van der Waals surface area contributed by atoms with Crippen molar-refractivity contribution < 1.29 is 18.3 Å². The van der Waals surface area contributed by atoms with E-state index < -0.39 is 6.61 Å². The molecule has 1 aromatic carbocycles. The van der Waals surface area contributed by atoms with Crippen LogP contribution in [0.5, 0.6) is 5.75 Å². The highest BCUT2D eigenvalue weighted by molar-refractivity contribution is 5.87. The van der Waals surface area contributed by atoms with Gasteiger partial charge in [-0.3, -0.25) is 4.79 Å². The van der Waals surface area contributed by atoms with E-state index in [0.717, 1.165) is 5.56 Å². The van der Waals surface area contributed by atoms with E-state index >= 15 is 0 Å². The number of carbonyl (C=O) groups excluding carboxylic acids is 1. The Bertz CT molecular complexity index is 416. The molecule has 1 amide bonds. The molecule has 0 aliphatic rings. The fourth-order valence-electron chi connectivity index (χ4n) is 1.40. The van der Waals surface area contributed by atoms with Crippen LogP contribution in [0.3, 0.4) is 0 Å². The topological polar surface area (TPSA) is 29.5 Å². The van der Waals surface area contributed by atoms with E-state index in [2.05, 4.69) is 4.74 Å². The maximum atomic E-state index is 11.9. The number of benzene rings is 1. The average molecular weight is 255 g/mol. The summed E-state index contributed by atoms with van der Waals surface area (Å²) in [6.45, 7) is -0.643. The maximum absolute atomic E-state index is 11.9. The number of halogens is 2. The van der Waals surface area contributed by atoms with Crippen molar-refractivity contribution in [1.29, 1.82) is 0 Å². The van der Waals surface area contributed by atoms with Gasteiger partial charge in [-0.2, -0.15) is 8.78 Å². The minimum absolute atomic E-state index is 0.106. The zero-order valence-corrected chi connectivity index (χ0v) is 10.3. The van der Waals surface area contributed by atoms with Crippen LogP contribution in [0.25, 0.3) is 0 Å². The average Bonchev–Trinajstić information content (AvgIpc) is 2.31. The number of nitrogens with zero attached hydrogens (tertiary/aromatic N) is 1. The summed E-state index contributed by atoms with van der Waals surface area (Å²) < 4.78 is 28.1. The van der Waals surface area contributed by atoms with Gasteiger partial charge in [0.1, 0.15) is 5.75 Å². The summed E-state index contributed by atoms with van der Waals surface area (Å²) in [4.78, 5) is 13.0. The van der Waals surface area contributed by atoms with E-state index in [4.69, 9.17) is 0 Å². The lowest BCUT2D eigenvalue weighted by Gasteiger charge is -2.15. The maximum Gasteiger partial charge on any atom is 0.387 e. The van der Waals surface area contributed by atoms with E-state index in [9.17, 15) is 13.6 Å². The zero-order chi connectivity index (χ0) is 13.5. The Kier molecular flexibility index (Phi) is 5.30. The van der Waals surface area contributed by atoms with Crippen LogP contribution < -0.4 is 4.74 Å². The molecule has 0 fully saturated rings. The van der Waals surface area contributed by atoms with E-state index in [0.29, 0.717) is 6.54 Å². The van der Waals surface area contributed by atoms with Gasteiger partial charge < -0.3 is 9.64 Å². The standard InChI is InChI=1S/C13H15F2NO2/c1-3-4-12(17)16(2)9-10-5-7-11(8-6-10)18-13(14)15/h3-8,13H,9H2,1-2H3/b4-3-. The molecule has 1 rings (SSSR count). The Hall–Kier alpha value is -1.91. The van der Waals surface area contributed by atoms with Gasteiger partial charge in [0.05, 0.1) is 0 Å². The lowest BCUT2D eigenvalue weighted by Crippen LogP contribution is -2.24. The third kappa shape index (κ3) is 4.53. The smallest absolute Gasteiger partial charge is 0.387 e. The van der Waals surface area contributed by atoms with E-state index in [1.54, 1.807) is 32.2 Å². The molecule has 0 heterocycles. The first-order valence-electron chi connectivity index (χ1n) is 5.44. The van der Waals surface area contributed by atoms with E-state index in [1.807, 2.05) is 0 Å². The molecular formula is C13H15F2NO2. The van der Waals surface area contributed by atoms with E-state index in [-0.39, 0.29) is 11.7 Å². The second kappa shape index (κ2) is 6.74. The van der Waals surface area contributed by atoms with E-state index in [1.165, 1.54) is 23.1 Å². The van der Waals surface area contributed by atoms with Gasteiger partial charge in [0.2, 0.25) is 5.91 Å². The lowest BCUT2D eigenvalue weighted by atomic mass is 10.2. The minimum Gasteiger partial charge on any atom is -0.435 e. The predicted molar refractivity (Wildman–Crippen MR) is 64.4 cm³/mol. The molecule has 0 aliphatic carbocycles. The SMILES string of the molecule is C/C=C\C(=O)N(C)Cc1ccc(OC(F)F)cc1. The zero-order valence-electron chi connectivity index (χ0n) is 10.3. The lowest BCUT2D eigenvalue weighted by molar-refractivity contribution is -0.125. The van der Waals surface area contributed by atoms with Gasteiger partial charge >= 0.3 is 6.61 Å². The molecule has 5 heteroatoms. The number of likely N-dealkylation sites (N-methyl/N-ethyl adjacent to an activating group) is 1. The first kappa shape index (κ1) is 14.2. The molecule has 0 aromatic heterocycles. The molecular weight excluding hydrogens is 240 g/mol. The summed E-state index contributed by atoms with van der Waals surface area (Å²) >= 11 is 0.